The average Bonchev–Trinajstić information content (AvgIpc) is 2.99. The maximum absolute atomic E-state index is 11.1. The molecule has 1 fully saturated rings. The summed E-state index contributed by atoms with van der Waals surface area (Å²) in [6, 6.07) is 15.7. The molecule has 162 valence electrons. The van der Waals surface area contributed by atoms with E-state index >= 15 is 0 Å². The summed E-state index contributed by atoms with van der Waals surface area (Å²) in [6.07, 6.45) is 7.34. The van der Waals surface area contributed by atoms with E-state index in [4.69, 9.17) is 4.99 Å². The van der Waals surface area contributed by atoms with Gasteiger partial charge in [-0.05, 0) is 48.1 Å². The van der Waals surface area contributed by atoms with Gasteiger partial charge in [-0.15, -0.1) is 11.3 Å². The maximum Gasteiger partial charge on any atom is 0.269 e. The van der Waals surface area contributed by atoms with Gasteiger partial charge in [-0.3, -0.25) is 10.1 Å². The highest BCUT2D eigenvalue weighted by Crippen LogP contribution is 2.33. The number of rotatable bonds is 5. The van der Waals surface area contributed by atoms with Crippen LogP contribution in [0.1, 0.15) is 69.9 Å². The molecule has 0 unspecified atom stereocenters. The molecular weight excluding hydrogens is 406 g/mol. The van der Waals surface area contributed by atoms with Gasteiger partial charge in [0.15, 0.2) is 4.80 Å². The monoisotopic (exact) mass is 435 g/mol. The lowest BCUT2D eigenvalue weighted by Crippen LogP contribution is -2.21. The Morgan fingerprint density at radius 3 is 2.35 bits per heavy atom. The second-order valence-corrected chi connectivity index (χ2v) is 9.38. The molecule has 5 nitrogen and oxygen atoms in total. The van der Waals surface area contributed by atoms with Gasteiger partial charge >= 0.3 is 0 Å². The van der Waals surface area contributed by atoms with Gasteiger partial charge in [-0.1, -0.05) is 57.7 Å². The summed E-state index contributed by atoms with van der Waals surface area (Å²) >= 11 is 1.66. The van der Waals surface area contributed by atoms with E-state index in [9.17, 15) is 10.1 Å². The third-order valence-corrected chi connectivity index (χ3v) is 6.92. The first kappa shape index (κ1) is 21.5. The Labute approximate surface area is 187 Å². The third-order valence-electron chi connectivity index (χ3n) is 6.08. The molecule has 3 aromatic rings. The Balaban J connectivity index is 1.85. The highest BCUT2D eigenvalue weighted by atomic mass is 32.1. The van der Waals surface area contributed by atoms with Crippen molar-refractivity contribution in [1.29, 1.82) is 0 Å². The fourth-order valence-electron chi connectivity index (χ4n) is 4.42. The van der Waals surface area contributed by atoms with E-state index in [1.54, 1.807) is 23.5 Å². The van der Waals surface area contributed by atoms with Gasteiger partial charge in [0.05, 0.1) is 16.3 Å². The number of hydrogen-bond donors (Lipinski definition) is 0. The highest BCUT2D eigenvalue weighted by Gasteiger charge is 2.20. The Morgan fingerprint density at radius 1 is 1.03 bits per heavy atom. The highest BCUT2D eigenvalue weighted by molar-refractivity contribution is 7.07. The number of nitro benzene ring substituents is 1. The molecule has 0 atom stereocenters. The zero-order valence-electron chi connectivity index (χ0n) is 18.2. The fraction of sp³-hybridized carbons (Fsp3) is 0.400. The van der Waals surface area contributed by atoms with Crippen molar-refractivity contribution in [3.8, 4) is 11.3 Å². The number of nitrogens with zero attached hydrogens (tertiary/aromatic N) is 3. The molecule has 1 heterocycles. The van der Waals surface area contributed by atoms with Gasteiger partial charge in [0, 0.05) is 23.6 Å². The smallest absolute Gasteiger partial charge is 0.269 e. The number of para-hydroxylation sites is 1. The summed E-state index contributed by atoms with van der Waals surface area (Å²) in [7, 11) is 0. The molecule has 1 aromatic heterocycles. The van der Waals surface area contributed by atoms with Gasteiger partial charge in [0.1, 0.15) is 0 Å². The van der Waals surface area contributed by atoms with Crippen LogP contribution in [0.5, 0.6) is 0 Å². The molecule has 1 aliphatic carbocycles. The van der Waals surface area contributed by atoms with E-state index < -0.39 is 0 Å². The number of thiazole rings is 1. The minimum Gasteiger partial charge on any atom is -0.313 e. The molecule has 0 N–H and O–H groups in total. The van der Waals surface area contributed by atoms with Crippen molar-refractivity contribution in [1.82, 2.24) is 4.57 Å². The summed E-state index contributed by atoms with van der Waals surface area (Å²) in [5.41, 5.74) is 4.50. The Morgan fingerprint density at radius 2 is 1.71 bits per heavy atom. The second-order valence-electron chi connectivity index (χ2n) is 8.55. The molecule has 1 aliphatic rings. The summed E-state index contributed by atoms with van der Waals surface area (Å²) in [4.78, 5) is 16.9. The van der Waals surface area contributed by atoms with Crippen LogP contribution in [0, 0.1) is 10.1 Å². The predicted molar refractivity (Wildman–Crippen MR) is 127 cm³/mol. The van der Waals surface area contributed by atoms with Crippen LogP contribution in [0.4, 0.5) is 11.4 Å². The number of benzene rings is 2. The third kappa shape index (κ3) is 4.79. The Hall–Kier alpha value is -2.73. The van der Waals surface area contributed by atoms with Crippen molar-refractivity contribution in [2.45, 2.75) is 64.3 Å². The predicted octanol–water partition coefficient (Wildman–Crippen LogP) is 7.38. The number of hydrogen-bond acceptors (Lipinski definition) is 4. The lowest BCUT2D eigenvalue weighted by Gasteiger charge is -2.20. The minimum atomic E-state index is -0.347. The van der Waals surface area contributed by atoms with Gasteiger partial charge in [0.2, 0.25) is 0 Å². The van der Waals surface area contributed by atoms with Crippen LogP contribution in [0.25, 0.3) is 11.3 Å². The van der Waals surface area contributed by atoms with Gasteiger partial charge in [0.25, 0.3) is 5.69 Å². The van der Waals surface area contributed by atoms with Gasteiger partial charge in [-0.2, -0.15) is 0 Å². The van der Waals surface area contributed by atoms with Crippen molar-refractivity contribution in [3.63, 3.8) is 0 Å². The minimum absolute atomic E-state index is 0.121. The second kappa shape index (κ2) is 9.60. The molecule has 6 heteroatoms. The number of nitro groups is 1. The fourth-order valence-corrected chi connectivity index (χ4v) is 5.39. The molecule has 0 aliphatic heterocycles. The lowest BCUT2D eigenvalue weighted by atomic mass is 10.0. The molecule has 4 rings (SSSR count). The maximum atomic E-state index is 11.1. The average molecular weight is 436 g/mol. The zero-order chi connectivity index (χ0) is 21.8. The van der Waals surface area contributed by atoms with Crippen LogP contribution >= 0.6 is 11.3 Å². The summed E-state index contributed by atoms with van der Waals surface area (Å²) in [5, 5.41) is 13.2. The molecule has 1 saturated carbocycles. The SMILES string of the molecule is CC(C)c1ccccc1N=c1scc(-c2ccc([N+](=O)[O-])cc2)n1C1CCCCCC1. The molecule has 31 heavy (non-hydrogen) atoms. The van der Waals surface area contributed by atoms with Crippen molar-refractivity contribution in [3.05, 3.63) is 74.4 Å². The van der Waals surface area contributed by atoms with Crippen LogP contribution in [-0.2, 0) is 0 Å². The van der Waals surface area contributed by atoms with E-state index in [1.165, 1.54) is 31.2 Å². The molecule has 0 radical (unpaired) electrons. The topological polar surface area (TPSA) is 60.4 Å². The normalized spacial score (nSPS) is 15.9. The van der Waals surface area contributed by atoms with Crippen molar-refractivity contribution in [2.24, 2.45) is 4.99 Å². The zero-order valence-corrected chi connectivity index (χ0v) is 19.0. The molecule has 0 amide bonds. The summed E-state index contributed by atoms with van der Waals surface area (Å²) in [5.74, 6) is 0.403. The lowest BCUT2D eigenvalue weighted by molar-refractivity contribution is -0.384. The first-order valence-electron chi connectivity index (χ1n) is 11.1. The summed E-state index contributed by atoms with van der Waals surface area (Å²) < 4.78 is 2.40. The first-order chi connectivity index (χ1) is 15.0. The molecule has 0 saturated heterocycles. The quantitative estimate of drug-likeness (QED) is 0.238. The standard InChI is InChI=1S/C25H29N3O2S/c1-18(2)22-11-7-8-12-23(22)26-25-27(20-9-5-3-4-6-10-20)24(17-31-25)19-13-15-21(16-14-19)28(29)30/h7-8,11-18,20H,3-6,9-10H2,1-2H3. The van der Waals surface area contributed by atoms with Crippen LogP contribution in [0.3, 0.4) is 0 Å². The van der Waals surface area contributed by atoms with Gasteiger partial charge < -0.3 is 4.57 Å². The van der Waals surface area contributed by atoms with Crippen molar-refractivity contribution < 1.29 is 4.92 Å². The van der Waals surface area contributed by atoms with E-state index in [0.717, 1.165) is 34.6 Å². The van der Waals surface area contributed by atoms with Crippen LogP contribution in [0.15, 0.2) is 58.9 Å². The van der Waals surface area contributed by atoms with E-state index in [-0.39, 0.29) is 10.6 Å². The van der Waals surface area contributed by atoms with Gasteiger partial charge in [-0.25, -0.2) is 4.99 Å². The van der Waals surface area contributed by atoms with Crippen molar-refractivity contribution >= 4 is 22.7 Å². The molecule has 2 aromatic carbocycles. The van der Waals surface area contributed by atoms with Crippen molar-refractivity contribution in [2.75, 3.05) is 0 Å². The Kier molecular flexibility index (Phi) is 6.66. The number of non-ortho nitro benzene ring substituents is 1. The van der Waals surface area contributed by atoms with Crippen LogP contribution in [0.2, 0.25) is 0 Å². The molecule has 0 bridgehead atoms. The Bertz CT molecular complexity index is 1100. The van der Waals surface area contributed by atoms with E-state index in [0.29, 0.717) is 12.0 Å². The molecule has 0 spiro atoms. The molecular formula is C25H29N3O2S. The van der Waals surface area contributed by atoms with E-state index in [2.05, 4.69) is 42.0 Å². The number of aromatic nitrogens is 1. The first-order valence-corrected chi connectivity index (χ1v) is 12.0. The summed E-state index contributed by atoms with van der Waals surface area (Å²) in [6.45, 7) is 4.40. The van der Waals surface area contributed by atoms with Crippen LogP contribution < -0.4 is 4.80 Å². The van der Waals surface area contributed by atoms with E-state index in [1.807, 2.05) is 18.2 Å². The largest absolute Gasteiger partial charge is 0.313 e. The van der Waals surface area contributed by atoms with Crippen LogP contribution in [-0.4, -0.2) is 9.49 Å².